The maximum Gasteiger partial charge on any atom is -0.00880 e. The van der Waals surface area contributed by atoms with Gasteiger partial charge in [0, 0.05) is 0 Å². The zero-order chi connectivity index (χ0) is 10.7. The van der Waals surface area contributed by atoms with E-state index in [9.17, 15) is 0 Å². The van der Waals surface area contributed by atoms with Crippen molar-refractivity contribution in [3.05, 3.63) is 66.8 Å². The molecule has 74 valence electrons. The van der Waals surface area contributed by atoms with Gasteiger partial charge in [-0.05, 0) is 28.3 Å². The van der Waals surface area contributed by atoms with Crippen LogP contribution in [0.5, 0.6) is 0 Å². The van der Waals surface area contributed by atoms with Gasteiger partial charge in [0.15, 0.2) is 0 Å². The first-order chi connectivity index (χ1) is 7.36. The van der Waals surface area contributed by atoms with Crippen LogP contribution in [0.2, 0.25) is 0 Å². The fraction of sp³-hybridized carbons (Fsp3) is 0.0667. The predicted molar refractivity (Wildman–Crippen MR) is 67.9 cm³/mol. The smallest absolute Gasteiger partial charge is 0.00880 e. The van der Waals surface area contributed by atoms with Gasteiger partial charge in [0.2, 0.25) is 0 Å². The third-order valence-electron chi connectivity index (χ3n) is 2.65. The van der Waals surface area contributed by atoms with Gasteiger partial charge in [-0.3, -0.25) is 0 Å². The Morgan fingerprint density at radius 2 is 1.80 bits per heavy atom. The molecule has 2 aromatic carbocycles. The molecule has 0 nitrogen and oxygen atoms in total. The third-order valence-corrected chi connectivity index (χ3v) is 2.65. The average Bonchev–Trinajstić information content (AvgIpc) is 2.30. The molecule has 0 amide bonds. The van der Waals surface area contributed by atoms with E-state index in [0.29, 0.717) is 0 Å². The molecule has 0 unspecified atom stereocenters. The van der Waals surface area contributed by atoms with E-state index in [0.717, 1.165) is 6.42 Å². The van der Waals surface area contributed by atoms with E-state index in [1.165, 1.54) is 21.9 Å². The molecule has 0 radical (unpaired) electrons. The van der Waals surface area contributed by atoms with Crippen molar-refractivity contribution in [1.29, 1.82) is 0 Å². The summed E-state index contributed by atoms with van der Waals surface area (Å²) in [6, 6.07) is 12.7. The Hall–Kier alpha value is -1.82. The summed E-state index contributed by atoms with van der Waals surface area (Å²) in [4.78, 5) is 0. The first kappa shape index (κ1) is 9.72. The molecule has 0 fully saturated rings. The molecular weight excluding hydrogens is 180 g/mol. The van der Waals surface area contributed by atoms with Crippen LogP contribution in [-0.2, 0) is 6.42 Å². The Kier molecular flexibility index (Phi) is 2.68. The Morgan fingerprint density at radius 1 is 1.00 bits per heavy atom. The van der Waals surface area contributed by atoms with E-state index in [-0.39, 0.29) is 0 Å². The third kappa shape index (κ3) is 1.71. The number of rotatable bonds is 3. The lowest BCUT2D eigenvalue weighted by molar-refractivity contribution is 1.30. The van der Waals surface area contributed by atoms with E-state index in [2.05, 4.69) is 49.6 Å². The first-order valence-corrected chi connectivity index (χ1v) is 5.11. The van der Waals surface area contributed by atoms with Crippen LogP contribution >= 0.6 is 0 Å². The highest BCUT2D eigenvalue weighted by Crippen LogP contribution is 2.23. The zero-order valence-electron chi connectivity index (χ0n) is 8.74. The Morgan fingerprint density at radius 3 is 2.53 bits per heavy atom. The van der Waals surface area contributed by atoms with Gasteiger partial charge < -0.3 is 0 Å². The lowest BCUT2D eigenvalue weighted by Crippen LogP contribution is -1.89. The molecule has 0 aliphatic heterocycles. The van der Waals surface area contributed by atoms with Crippen molar-refractivity contribution >= 4 is 16.8 Å². The van der Waals surface area contributed by atoms with Crippen molar-refractivity contribution in [3.63, 3.8) is 0 Å². The van der Waals surface area contributed by atoms with Crippen LogP contribution in [0.15, 0.2) is 55.6 Å². The van der Waals surface area contributed by atoms with Gasteiger partial charge in [-0.15, -0.1) is 6.58 Å². The minimum absolute atomic E-state index is 0.892. The van der Waals surface area contributed by atoms with Gasteiger partial charge in [0.25, 0.3) is 0 Å². The largest absolute Gasteiger partial charge is 0.103 e. The summed E-state index contributed by atoms with van der Waals surface area (Å²) >= 11 is 0. The highest BCUT2D eigenvalue weighted by molar-refractivity contribution is 5.88. The maximum atomic E-state index is 3.85. The minimum atomic E-state index is 0.892. The molecule has 15 heavy (non-hydrogen) atoms. The Labute approximate surface area is 90.6 Å². The highest BCUT2D eigenvalue weighted by atomic mass is 14.1. The molecule has 0 aromatic heterocycles. The van der Waals surface area contributed by atoms with Crippen LogP contribution in [0, 0.1) is 0 Å². The standard InChI is InChI=1S/C15H14/c1-3-7-14-12(4-2)10-11-13-8-5-6-9-15(13)14/h3-6,8-11H,1-2,7H2. The van der Waals surface area contributed by atoms with E-state index in [1.807, 2.05) is 12.2 Å². The lowest BCUT2D eigenvalue weighted by atomic mass is 9.97. The minimum Gasteiger partial charge on any atom is -0.103 e. The van der Waals surface area contributed by atoms with Gasteiger partial charge in [-0.2, -0.15) is 0 Å². The van der Waals surface area contributed by atoms with E-state index >= 15 is 0 Å². The summed E-state index contributed by atoms with van der Waals surface area (Å²) in [7, 11) is 0. The van der Waals surface area contributed by atoms with E-state index in [4.69, 9.17) is 0 Å². The second-order valence-corrected chi connectivity index (χ2v) is 3.55. The molecule has 0 aliphatic rings. The maximum absolute atomic E-state index is 3.85. The predicted octanol–water partition coefficient (Wildman–Crippen LogP) is 4.21. The fourth-order valence-corrected chi connectivity index (χ4v) is 1.92. The van der Waals surface area contributed by atoms with Crippen molar-refractivity contribution < 1.29 is 0 Å². The van der Waals surface area contributed by atoms with Gasteiger partial charge in [0.05, 0.1) is 0 Å². The van der Waals surface area contributed by atoms with Crippen molar-refractivity contribution in [2.45, 2.75) is 6.42 Å². The summed E-state index contributed by atoms with van der Waals surface area (Å²) in [6.45, 7) is 7.65. The Balaban J connectivity index is 2.77. The molecule has 2 aromatic rings. The van der Waals surface area contributed by atoms with Crippen molar-refractivity contribution in [3.8, 4) is 0 Å². The van der Waals surface area contributed by atoms with Gasteiger partial charge >= 0.3 is 0 Å². The summed E-state index contributed by atoms with van der Waals surface area (Å²) in [5.41, 5.74) is 2.52. The molecular formula is C15H14. The lowest BCUT2D eigenvalue weighted by Gasteiger charge is -2.08. The second kappa shape index (κ2) is 4.14. The molecule has 0 heteroatoms. The number of hydrogen-bond acceptors (Lipinski definition) is 0. The first-order valence-electron chi connectivity index (χ1n) is 5.11. The molecule has 0 heterocycles. The van der Waals surface area contributed by atoms with Crippen LogP contribution in [-0.4, -0.2) is 0 Å². The average molecular weight is 194 g/mol. The highest BCUT2D eigenvalue weighted by Gasteiger charge is 2.02. The van der Waals surface area contributed by atoms with Crippen LogP contribution < -0.4 is 0 Å². The molecule has 0 N–H and O–H groups in total. The second-order valence-electron chi connectivity index (χ2n) is 3.55. The van der Waals surface area contributed by atoms with E-state index in [1.54, 1.807) is 0 Å². The zero-order valence-corrected chi connectivity index (χ0v) is 8.74. The molecule has 0 saturated carbocycles. The normalized spacial score (nSPS) is 10.1. The number of benzene rings is 2. The Bertz CT molecular complexity index is 506. The van der Waals surface area contributed by atoms with Crippen molar-refractivity contribution in [2.24, 2.45) is 0 Å². The van der Waals surface area contributed by atoms with E-state index < -0.39 is 0 Å². The van der Waals surface area contributed by atoms with Gasteiger partial charge in [0.1, 0.15) is 0 Å². The van der Waals surface area contributed by atoms with Gasteiger partial charge in [-0.25, -0.2) is 0 Å². The molecule has 0 saturated heterocycles. The molecule has 0 spiro atoms. The van der Waals surface area contributed by atoms with Crippen LogP contribution in [0.4, 0.5) is 0 Å². The molecule has 0 bridgehead atoms. The topological polar surface area (TPSA) is 0 Å². The number of fused-ring (bicyclic) bond motifs is 1. The summed E-state index contributed by atoms with van der Waals surface area (Å²) < 4.78 is 0. The number of allylic oxidation sites excluding steroid dienone is 1. The van der Waals surface area contributed by atoms with Crippen molar-refractivity contribution in [2.75, 3.05) is 0 Å². The van der Waals surface area contributed by atoms with Crippen LogP contribution in [0.25, 0.3) is 16.8 Å². The summed E-state index contributed by atoms with van der Waals surface area (Å²) in [5, 5.41) is 2.58. The molecule has 0 aliphatic carbocycles. The SMILES string of the molecule is C=CCc1c(C=C)ccc2ccccc12. The summed E-state index contributed by atoms with van der Waals surface area (Å²) in [5.74, 6) is 0. The quantitative estimate of drug-likeness (QED) is 0.642. The number of hydrogen-bond donors (Lipinski definition) is 0. The molecule has 0 atom stereocenters. The van der Waals surface area contributed by atoms with Crippen LogP contribution in [0.3, 0.4) is 0 Å². The van der Waals surface area contributed by atoms with Gasteiger partial charge in [-0.1, -0.05) is 55.1 Å². The monoisotopic (exact) mass is 194 g/mol. The summed E-state index contributed by atoms with van der Waals surface area (Å²) in [6.07, 6.45) is 4.74. The fourth-order valence-electron chi connectivity index (χ4n) is 1.92. The van der Waals surface area contributed by atoms with Crippen molar-refractivity contribution in [1.82, 2.24) is 0 Å². The van der Waals surface area contributed by atoms with Crippen LogP contribution in [0.1, 0.15) is 11.1 Å². The molecule has 2 rings (SSSR count).